The van der Waals surface area contributed by atoms with Gasteiger partial charge in [-0.05, 0) is 55.8 Å². The summed E-state index contributed by atoms with van der Waals surface area (Å²) in [4.78, 5) is 0. The first kappa shape index (κ1) is 16.3. The van der Waals surface area contributed by atoms with Crippen LogP contribution in [0.4, 0.5) is 5.69 Å². The summed E-state index contributed by atoms with van der Waals surface area (Å²) in [6.07, 6.45) is 2.04. The number of rotatable bonds is 5. The second-order valence-corrected chi connectivity index (χ2v) is 8.06. The molecule has 1 aromatic rings. The Balaban J connectivity index is 2.16. The molecule has 1 aliphatic rings. The molecule has 0 aromatic heterocycles. The van der Waals surface area contributed by atoms with E-state index in [0.29, 0.717) is 5.92 Å². The van der Waals surface area contributed by atoms with Crippen LogP contribution in [0.15, 0.2) is 18.2 Å². The number of piperidine rings is 1. The van der Waals surface area contributed by atoms with Crippen molar-refractivity contribution < 1.29 is 8.42 Å². The van der Waals surface area contributed by atoms with Gasteiger partial charge in [0.05, 0.1) is 11.4 Å². The van der Waals surface area contributed by atoms with Gasteiger partial charge in [0.25, 0.3) is 0 Å². The third kappa shape index (κ3) is 4.45. The summed E-state index contributed by atoms with van der Waals surface area (Å²) < 4.78 is 27.7. The first-order valence-electron chi connectivity index (χ1n) is 7.70. The van der Waals surface area contributed by atoms with Crippen LogP contribution >= 0.6 is 0 Å². The van der Waals surface area contributed by atoms with Gasteiger partial charge in [-0.2, -0.15) is 0 Å². The number of hydrogen-bond donors (Lipinski definition) is 2. The van der Waals surface area contributed by atoms with E-state index in [1.807, 2.05) is 25.1 Å². The normalized spacial score (nSPS) is 19.7. The van der Waals surface area contributed by atoms with Gasteiger partial charge in [-0.3, -0.25) is 4.72 Å². The van der Waals surface area contributed by atoms with Crippen molar-refractivity contribution >= 4 is 15.7 Å². The first-order valence-corrected chi connectivity index (χ1v) is 9.35. The van der Waals surface area contributed by atoms with Gasteiger partial charge in [-0.25, -0.2) is 8.42 Å². The highest BCUT2D eigenvalue weighted by atomic mass is 32.2. The zero-order valence-electron chi connectivity index (χ0n) is 13.1. The second kappa shape index (κ2) is 6.79. The van der Waals surface area contributed by atoms with Crippen LogP contribution in [-0.2, 0) is 10.0 Å². The summed E-state index contributed by atoms with van der Waals surface area (Å²) >= 11 is 0. The molecule has 1 saturated heterocycles. The van der Waals surface area contributed by atoms with Crippen molar-refractivity contribution in [2.45, 2.75) is 39.5 Å². The molecule has 1 unspecified atom stereocenters. The van der Waals surface area contributed by atoms with E-state index in [1.165, 1.54) is 0 Å². The Hall–Kier alpha value is -1.07. The zero-order valence-corrected chi connectivity index (χ0v) is 14.0. The highest BCUT2D eigenvalue weighted by Gasteiger charge is 2.22. The van der Waals surface area contributed by atoms with E-state index in [4.69, 9.17) is 0 Å². The van der Waals surface area contributed by atoms with Gasteiger partial charge in [0, 0.05) is 0 Å². The largest absolute Gasteiger partial charge is 0.316 e. The van der Waals surface area contributed by atoms with Crippen LogP contribution in [0, 0.1) is 12.8 Å². The van der Waals surface area contributed by atoms with Crippen molar-refractivity contribution in [3.05, 3.63) is 29.3 Å². The van der Waals surface area contributed by atoms with Crippen LogP contribution in [0.25, 0.3) is 0 Å². The monoisotopic (exact) mass is 310 g/mol. The van der Waals surface area contributed by atoms with Crippen molar-refractivity contribution in [3.8, 4) is 0 Å². The molecule has 5 heteroatoms. The molecular weight excluding hydrogens is 284 g/mol. The van der Waals surface area contributed by atoms with Crippen LogP contribution in [-0.4, -0.2) is 27.3 Å². The summed E-state index contributed by atoms with van der Waals surface area (Å²) in [6, 6.07) is 5.93. The van der Waals surface area contributed by atoms with Gasteiger partial charge < -0.3 is 5.32 Å². The first-order chi connectivity index (χ1) is 9.89. The zero-order chi connectivity index (χ0) is 15.5. The summed E-state index contributed by atoms with van der Waals surface area (Å²) in [5.41, 5.74) is 2.79. The molecule has 118 valence electrons. The predicted octanol–water partition coefficient (Wildman–Crippen LogP) is 2.86. The Morgan fingerprint density at radius 1 is 1.38 bits per heavy atom. The molecule has 1 aliphatic heterocycles. The minimum atomic E-state index is -3.30. The Morgan fingerprint density at radius 2 is 2.14 bits per heavy atom. The third-order valence-corrected chi connectivity index (χ3v) is 5.46. The van der Waals surface area contributed by atoms with Gasteiger partial charge in [-0.15, -0.1) is 0 Å². The van der Waals surface area contributed by atoms with E-state index in [2.05, 4.69) is 23.9 Å². The number of nitrogens with one attached hydrogen (secondary N) is 2. The lowest BCUT2D eigenvalue weighted by Crippen LogP contribution is -2.35. The summed E-state index contributed by atoms with van der Waals surface area (Å²) in [5.74, 6) is 0.702. The van der Waals surface area contributed by atoms with Crippen molar-refractivity contribution in [3.63, 3.8) is 0 Å². The molecule has 0 aliphatic carbocycles. The van der Waals surface area contributed by atoms with Crippen molar-refractivity contribution in [1.29, 1.82) is 0 Å². The van der Waals surface area contributed by atoms with E-state index in [9.17, 15) is 8.42 Å². The SMILES string of the molecule is Cc1cccc(C(C)C)c1NS(=O)(=O)CC1CCCNC1. The molecule has 0 radical (unpaired) electrons. The summed E-state index contributed by atoms with van der Waals surface area (Å²) in [6.45, 7) is 7.91. The number of hydrogen-bond acceptors (Lipinski definition) is 3. The molecule has 4 nitrogen and oxygen atoms in total. The standard InChI is InChI=1S/C16H26N2O2S/c1-12(2)15-8-4-6-13(3)16(15)18-21(19,20)11-14-7-5-9-17-10-14/h4,6,8,12,14,17-18H,5,7,9-11H2,1-3H3. The number of para-hydroxylation sites is 1. The molecule has 2 rings (SSSR count). The maximum atomic E-state index is 12.5. The highest BCUT2D eigenvalue weighted by Crippen LogP contribution is 2.28. The number of anilines is 1. The van der Waals surface area contributed by atoms with Crippen LogP contribution in [0.1, 0.15) is 43.7 Å². The van der Waals surface area contributed by atoms with Gasteiger partial charge in [0.15, 0.2) is 0 Å². The minimum absolute atomic E-state index is 0.200. The van der Waals surface area contributed by atoms with E-state index >= 15 is 0 Å². The van der Waals surface area contributed by atoms with Gasteiger partial charge in [-0.1, -0.05) is 32.0 Å². The molecule has 0 amide bonds. The van der Waals surface area contributed by atoms with E-state index in [1.54, 1.807) is 0 Å². The maximum absolute atomic E-state index is 12.5. The maximum Gasteiger partial charge on any atom is 0.233 e. The predicted molar refractivity (Wildman–Crippen MR) is 88.3 cm³/mol. The molecule has 2 N–H and O–H groups in total. The smallest absolute Gasteiger partial charge is 0.233 e. The Kier molecular flexibility index (Phi) is 5.27. The quantitative estimate of drug-likeness (QED) is 0.879. The summed E-state index contributed by atoms with van der Waals surface area (Å²) in [7, 11) is -3.30. The van der Waals surface area contributed by atoms with Crippen molar-refractivity contribution in [1.82, 2.24) is 5.32 Å². The van der Waals surface area contributed by atoms with Crippen molar-refractivity contribution in [2.75, 3.05) is 23.6 Å². The molecule has 0 bridgehead atoms. The molecule has 21 heavy (non-hydrogen) atoms. The van der Waals surface area contributed by atoms with E-state index < -0.39 is 10.0 Å². The molecular formula is C16H26N2O2S. The average Bonchev–Trinajstić information content (AvgIpc) is 2.41. The fourth-order valence-electron chi connectivity index (χ4n) is 2.88. The Morgan fingerprint density at radius 3 is 2.76 bits per heavy atom. The minimum Gasteiger partial charge on any atom is -0.316 e. The Labute approximate surface area is 128 Å². The second-order valence-electron chi connectivity index (χ2n) is 6.29. The van der Waals surface area contributed by atoms with Gasteiger partial charge in [0.2, 0.25) is 10.0 Å². The fraction of sp³-hybridized carbons (Fsp3) is 0.625. The molecule has 0 saturated carbocycles. The average molecular weight is 310 g/mol. The van der Waals surface area contributed by atoms with Crippen LogP contribution in [0.2, 0.25) is 0 Å². The molecule has 1 atom stereocenters. The van der Waals surface area contributed by atoms with E-state index in [-0.39, 0.29) is 11.7 Å². The lowest BCUT2D eigenvalue weighted by atomic mass is 9.99. The van der Waals surface area contributed by atoms with Crippen LogP contribution in [0.3, 0.4) is 0 Å². The fourth-order valence-corrected chi connectivity index (χ4v) is 4.46. The summed E-state index contributed by atoms with van der Waals surface area (Å²) in [5, 5.41) is 3.27. The molecule has 1 heterocycles. The van der Waals surface area contributed by atoms with E-state index in [0.717, 1.165) is 42.7 Å². The lowest BCUT2D eigenvalue weighted by Gasteiger charge is -2.24. The number of sulfonamides is 1. The highest BCUT2D eigenvalue weighted by molar-refractivity contribution is 7.92. The van der Waals surface area contributed by atoms with Gasteiger partial charge in [0.1, 0.15) is 0 Å². The number of aryl methyl sites for hydroxylation is 1. The lowest BCUT2D eigenvalue weighted by molar-refractivity contribution is 0.404. The van der Waals surface area contributed by atoms with Crippen molar-refractivity contribution in [2.24, 2.45) is 5.92 Å². The topological polar surface area (TPSA) is 58.2 Å². The molecule has 1 fully saturated rings. The van der Waals surface area contributed by atoms with Crippen LogP contribution < -0.4 is 10.0 Å². The molecule has 1 aromatic carbocycles. The Bertz CT molecular complexity index is 576. The van der Waals surface area contributed by atoms with Crippen LogP contribution in [0.5, 0.6) is 0 Å². The van der Waals surface area contributed by atoms with Gasteiger partial charge >= 0.3 is 0 Å². The number of benzene rings is 1. The molecule has 0 spiro atoms. The third-order valence-electron chi connectivity index (χ3n) is 4.04.